The van der Waals surface area contributed by atoms with E-state index in [1.54, 1.807) is 6.92 Å². The molecule has 0 bridgehead atoms. The number of carboxylic acids is 1. The molecule has 20 heavy (non-hydrogen) atoms. The Morgan fingerprint density at radius 2 is 2.20 bits per heavy atom. The van der Waals surface area contributed by atoms with Gasteiger partial charge in [0.1, 0.15) is 5.54 Å². The van der Waals surface area contributed by atoms with E-state index in [0.29, 0.717) is 25.8 Å². The molecule has 1 N–H and O–H groups in total. The lowest BCUT2D eigenvalue weighted by atomic mass is 9.98. The van der Waals surface area contributed by atoms with E-state index in [1.807, 2.05) is 24.3 Å². The minimum absolute atomic E-state index is 0.0765. The highest BCUT2D eigenvalue weighted by Gasteiger charge is 2.45. The third-order valence-corrected chi connectivity index (χ3v) is 4.41. The fraction of sp³-hybridized carbons (Fsp3) is 0.467. The molecule has 0 radical (unpaired) electrons. The van der Waals surface area contributed by atoms with E-state index in [4.69, 9.17) is 0 Å². The number of nitrogens with zero attached hydrogens (tertiary/aromatic N) is 1. The highest BCUT2D eigenvalue weighted by atomic mass is 79.9. The summed E-state index contributed by atoms with van der Waals surface area (Å²) in [5.74, 6) is -0.988. The minimum atomic E-state index is -1.03. The number of benzene rings is 1. The summed E-state index contributed by atoms with van der Waals surface area (Å²) in [5.41, 5.74) is 0.0397. The largest absolute Gasteiger partial charge is 0.480 e. The molecule has 1 amide bonds. The summed E-state index contributed by atoms with van der Waals surface area (Å²) < 4.78 is 0.985. The topological polar surface area (TPSA) is 57.6 Å². The summed E-state index contributed by atoms with van der Waals surface area (Å²) in [6.45, 7) is 2.18. The normalized spacial score (nSPS) is 22.0. The fourth-order valence-electron chi connectivity index (χ4n) is 2.66. The molecule has 0 aliphatic carbocycles. The van der Waals surface area contributed by atoms with Gasteiger partial charge in [-0.15, -0.1) is 0 Å². The van der Waals surface area contributed by atoms with E-state index in [1.165, 1.54) is 4.90 Å². The van der Waals surface area contributed by atoms with Gasteiger partial charge in [0.05, 0.1) is 0 Å². The summed E-state index contributed by atoms with van der Waals surface area (Å²) in [6, 6.07) is 7.82. The highest BCUT2D eigenvalue weighted by molar-refractivity contribution is 9.10. The second kappa shape index (κ2) is 5.95. The molecule has 1 unspecified atom stereocenters. The standard InChI is InChI=1S/C15H18BrNO3/c1-15(14(19)20)8-3-9-17(15)13(18)7-6-11-4-2-5-12(16)10-11/h2,4-5,10H,3,6-9H2,1H3,(H,19,20). The molecule has 1 atom stereocenters. The van der Waals surface area contributed by atoms with Crippen LogP contribution in [0.15, 0.2) is 28.7 Å². The molecule has 1 fully saturated rings. The molecule has 5 heteroatoms. The zero-order chi connectivity index (χ0) is 14.8. The van der Waals surface area contributed by atoms with E-state index < -0.39 is 11.5 Å². The van der Waals surface area contributed by atoms with Gasteiger partial charge in [0.15, 0.2) is 0 Å². The Labute approximate surface area is 126 Å². The molecule has 1 aromatic rings. The smallest absolute Gasteiger partial charge is 0.329 e. The number of likely N-dealkylation sites (tertiary alicyclic amines) is 1. The van der Waals surface area contributed by atoms with Crippen LogP contribution in [-0.4, -0.2) is 34.0 Å². The first-order valence-corrected chi connectivity index (χ1v) is 7.51. The summed E-state index contributed by atoms with van der Waals surface area (Å²) in [4.78, 5) is 25.2. The molecule has 0 saturated carbocycles. The molecule has 2 rings (SSSR count). The highest BCUT2D eigenvalue weighted by Crippen LogP contribution is 2.30. The summed E-state index contributed by atoms with van der Waals surface area (Å²) >= 11 is 3.40. The number of aliphatic carboxylic acids is 1. The van der Waals surface area contributed by atoms with Crippen LogP contribution in [0.5, 0.6) is 0 Å². The molecule has 1 aliphatic heterocycles. The van der Waals surface area contributed by atoms with E-state index in [9.17, 15) is 14.7 Å². The Bertz CT molecular complexity index is 532. The van der Waals surface area contributed by atoms with Crippen molar-refractivity contribution in [2.75, 3.05) is 6.54 Å². The van der Waals surface area contributed by atoms with Gasteiger partial charge in [0.25, 0.3) is 0 Å². The van der Waals surface area contributed by atoms with E-state index in [0.717, 1.165) is 16.5 Å². The number of carboxylic acid groups (broad SMARTS) is 1. The molecule has 1 aromatic carbocycles. The maximum absolute atomic E-state index is 12.3. The third kappa shape index (κ3) is 3.03. The van der Waals surface area contributed by atoms with Crippen LogP contribution in [0.3, 0.4) is 0 Å². The molecule has 1 aliphatic rings. The van der Waals surface area contributed by atoms with Crippen LogP contribution in [0, 0.1) is 0 Å². The Balaban J connectivity index is 2.00. The average molecular weight is 340 g/mol. The number of hydrogen-bond donors (Lipinski definition) is 1. The monoisotopic (exact) mass is 339 g/mol. The first kappa shape index (κ1) is 15.0. The molecule has 0 spiro atoms. The number of hydrogen-bond acceptors (Lipinski definition) is 2. The Kier molecular flexibility index (Phi) is 4.48. The van der Waals surface area contributed by atoms with Gasteiger partial charge < -0.3 is 10.0 Å². The van der Waals surface area contributed by atoms with Crippen LogP contribution in [0.1, 0.15) is 31.7 Å². The number of halogens is 1. The van der Waals surface area contributed by atoms with Crippen molar-refractivity contribution in [3.05, 3.63) is 34.3 Å². The maximum atomic E-state index is 12.3. The van der Waals surface area contributed by atoms with Gasteiger partial charge in [-0.25, -0.2) is 4.79 Å². The lowest BCUT2D eigenvalue weighted by Crippen LogP contribution is -2.50. The van der Waals surface area contributed by atoms with Crippen molar-refractivity contribution in [1.29, 1.82) is 0 Å². The van der Waals surface area contributed by atoms with Crippen molar-refractivity contribution in [3.8, 4) is 0 Å². The lowest BCUT2D eigenvalue weighted by Gasteiger charge is -2.31. The van der Waals surface area contributed by atoms with Gasteiger partial charge in [0.2, 0.25) is 5.91 Å². The average Bonchev–Trinajstić information content (AvgIpc) is 2.80. The van der Waals surface area contributed by atoms with Crippen LogP contribution in [0.25, 0.3) is 0 Å². The van der Waals surface area contributed by atoms with Crippen LogP contribution < -0.4 is 0 Å². The number of rotatable bonds is 4. The summed E-state index contributed by atoms with van der Waals surface area (Å²) in [5, 5.41) is 9.31. The maximum Gasteiger partial charge on any atom is 0.329 e. The van der Waals surface area contributed by atoms with E-state index in [2.05, 4.69) is 15.9 Å². The summed E-state index contributed by atoms with van der Waals surface area (Å²) in [6.07, 6.45) is 2.26. The van der Waals surface area contributed by atoms with Crippen LogP contribution in [0.4, 0.5) is 0 Å². The van der Waals surface area contributed by atoms with E-state index in [-0.39, 0.29) is 5.91 Å². The second-order valence-electron chi connectivity index (χ2n) is 5.36. The van der Waals surface area contributed by atoms with Crippen molar-refractivity contribution in [2.45, 2.75) is 38.1 Å². The number of amides is 1. The molecule has 0 aromatic heterocycles. The first-order valence-electron chi connectivity index (χ1n) is 6.72. The molecular weight excluding hydrogens is 322 g/mol. The van der Waals surface area contributed by atoms with Crippen molar-refractivity contribution in [2.24, 2.45) is 0 Å². The molecular formula is C15H18BrNO3. The molecule has 108 valence electrons. The van der Waals surface area contributed by atoms with Gasteiger partial charge in [-0.3, -0.25) is 4.79 Å². The van der Waals surface area contributed by atoms with Gasteiger partial charge in [-0.2, -0.15) is 0 Å². The number of carbonyl (C=O) groups excluding carboxylic acids is 1. The summed E-state index contributed by atoms with van der Waals surface area (Å²) in [7, 11) is 0. The quantitative estimate of drug-likeness (QED) is 0.917. The Morgan fingerprint density at radius 3 is 2.85 bits per heavy atom. The van der Waals surface area contributed by atoms with Crippen LogP contribution in [0.2, 0.25) is 0 Å². The zero-order valence-electron chi connectivity index (χ0n) is 11.4. The number of aryl methyl sites for hydroxylation is 1. The van der Waals surface area contributed by atoms with Gasteiger partial charge in [0, 0.05) is 17.4 Å². The van der Waals surface area contributed by atoms with Crippen LogP contribution >= 0.6 is 15.9 Å². The second-order valence-corrected chi connectivity index (χ2v) is 6.27. The zero-order valence-corrected chi connectivity index (χ0v) is 13.0. The van der Waals surface area contributed by atoms with Gasteiger partial charge in [-0.1, -0.05) is 28.1 Å². The Hall–Kier alpha value is -1.36. The predicted molar refractivity (Wildman–Crippen MR) is 79.5 cm³/mol. The van der Waals surface area contributed by atoms with Crippen molar-refractivity contribution >= 4 is 27.8 Å². The first-order chi connectivity index (χ1) is 9.43. The SMILES string of the molecule is CC1(C(=O)O)CCCN1C(=O)CCc1cccc(Br)c1. The van der Waals surface area contributed by atoms with Crippen molar-refractivity contribution < 1.29 is 14.7 Å². The Morgan fingerprint density at radius 1 is 1.45 bits per heavy atom. The number of carbonyl (C=O) groups is 2. The van der Waals surface area contributed by atoms with Gasteiger partial charge >= 0.3 is 5.97 Å². The third-order valence-electron chi connectivity index (χ3n) is 3.92. The molecule has 1 heterocycles. The fourth-order valence-corrected chi connectivity index (χ4v) is 3.11. The minimum Gasteiger partial charge on any atom is -0.480 e. The van der Waals surface area contributed by atoms with Crippen molar-refractivity contribution in [1.82, 2.24) is 4.90 Å². The van der Waals surface area contributed by atoms with E-state index >= 15 is 0 Å². The van der Waals surface area contributed by atoms with Gasteiger partial charge in [-0.05, 0) is 43.9 Å². The molecule has 4 nitrogen and oxygen atoms in total. The van der Waals surface area contributed by atoms with Crippen molar-refractivity contribution in [3.63, 3.8) is 0 Å². The molecule has 1 saturated heterocycles. The van der Waals surface area contributed by atoms with Crippen LogP contribution in [-0.2, 0) is 16.0 Å². The lowest BCUT2D eigenvalue weighted by molar-refractivity contribution is -0.155. The predicted octanol–water partition coefficient (Wildman–Crippen LogP) is 2.85.